The Bertz CT molecular complexity index is 566. The molecule has 114 valence electrons. The minimum atomic E-state index is -1.29. The van der Waals surface area contributed by atoms with Crippen molar-refractivity contribution in [2.24, 2.45) is 0 Å². The number of urea groups is 1. The zero-order valence-electron chi connectivity index (χ0n) is 11.8. The van der Waals surface area contributed by atoms with E-state index in [1.165, 1.54) is 32.2 Å². The van der Waals surface area contributed by atoms with E-state index in [-0.39, 0.29) is 18.7 Å². The minimum Gasteiger partial charge on any atom is -0.386 e. The van der Waals surface area contributed by atoms with Crippen molar-refractivity contribution >= 4 is 11.9 Å². The lowest BCUT2D eigenvalue weighted by Crippen LogP contribution is -2.48. The van der Waals surface area contributed by atoms with Crippen LogP contribution in [0.25, 0.3) is 0 Å². The second-order valence-electron chi connectivity index (χ2n) is 5.15. The van der Waals surface area contributed by atoms with Crippen LogP contribution in [0.3, 0.4) is 0 Å². The second-order valence-corrected chi connectivity index (χ2v) is 5.15. The summed E-state index contributed by atoms with van der Waals surface area (Å²) in [6, 6.07) is 5.05. The van der Waals surface area contributed by atoms with Gasteiger partial charge in [-0.15, -0.1) is 0 Å². The van der Waals surface area contributed by atoms with Gasteiger partial charge in [0, 0.05) is 12.7 Å². The SMILES string of the molecule is COCC1(C)NC(=O)N(CC(O)c2ccccc2F)C1=O. The van der Waals surface area contributed by atoms with Crippen LogP contribution in [-0.4, -0.2) is 47.7 Å². The molecule has 21 heavy (non-hydrogen) atoms. The maximum absolute atomic E-state index is 13.6. The first-order valence-corrected chi connectivity index (χ1v) is 6.44. The van der Waals surface area contributed by atoms with E-state index in [9.17, 15) is 19.1 Å². The lowest BCUT2D eigenvalue weighted by atomic mass is 10.0. The van der Waals surface area contributed by atoms with Crippen LogP contribution in [0.2, 0.25) is 0 Å². The topological polar surface area (TPSA) is 78.9 Å². The minimum absolute atomic E-state index is 0.0177. The van der Waals surface area contributed by atoms with Gasteiger partial charge < -0.3 is 15.2 Å². The number of aliphatic hydroxyl groups is 1. The van der Waals surface area contributed by atoms with Gasteiger partial charge in [0.05, 0.1) is 19.3 Å². The largest absolute Gasteiger partial charge is 0.386 e. The van der Waals surface area contributed by atoms with Crippen LogP contribution in [0.5, 0.6) is 0 Å². The standard InChI is InChI=1S/C14H17FN2O4/c1-14(8-21-2)12(19)17(13(20)16-14)7-11(18)9-5-3-4-6-10(9)15/h3-6,11,18H,7-8H2,1-2H3,(H,16,20). The summed E-state index contributed by atoms with van der Waals surface area (Å²) >= 11 is 0. The van der Waals surface area contributed by atoms with Crippen molar-refractivity contribution in [2.75, 3.05) is 20.3 Å². The molecule has 0 aliphatic carbocycles. The van der Waals surface area contributed by atoms with E-state index in [0.29, 0.717) is 0 Å². The van der Waals surface area contributed by atoms with E-state index < -0.39 is 29.4 Å². The summed E-state index contributed by atoms with van der Waals surface area (Å²) < 4.78 is 18.5. The van der Waals surface area contributed by atoms with Crippen LogP contribution in [0.1, 0.15) is 18.6 Å². The fraction of sp³-hybridized carbons (Fsp3) is 0.429. The Kier molecular flexibility index (Phi) is 4.24. The molecule has 0 spiro atoms. The van der Waals surface area contributed by atoms with E-state index in [2.05, 4.69) is 5.32 Å². The predicted molar refractivity (Wildman–Crippen MR) is 71.9 cm³/mol. The molecule has 0 radical (unpaired) electrons. The molecule has 0 saturated carbocycles. The third kappa shape index (κ3) is 2.88. The van der Waals surface area contributed by atoms with Gasteiger partial charge in [-0.1, -0.05) is 18.2 Å². The van der Waals surface area contributed by atoms with Gasteiger partial charge in [0.2, 0.25) is 0 Å². The number of hydrogen-bond acceptors (Lipinski definition) is 4. The fourth-order valence-corrected chi connectivity index (χ4v) is 2.32. The van der Waals surface area contributed by atoms with Crippen LogP contribution in [0.15, 0.2) is 24.3 Å². The van der Waals surface area contributed by atoms with E-state index >= 15 is 0 Å². The average molecular weight is 296 g/mol. The Morgan fingerprint density at radius 1 is 1.43 bits per heavy atom. The highest BCUT2D eigenvalue weighted by atomic mass is 19.1. The first kappa shape index (κ1) is 15.4. The summed E-state index contributed by atoms with van der Waals surface area (Å²) in [6.45, 7) is 1.24. The molecule has 1 fully saturated rings. The van der Waals surface area contributed by atoms with Crippen molar-refractivity contribution in [3.63, 3.8) is 0 Å². The maximum Gasteiger partial charge on any atom is 0.325 e. The van der Waals surface area contributed by atoms with Gasteiger partial charge in [-0.3, -0.25) is 9.69 Å². The van der Waals surface area contributed by atoms with E-state index in [4.69, 9.17) is 4.74 Å². The molecule has 1 saturated heterocycles. The van der Waals surface area contributed by atoms with Gasteiger partial charge in [-0.25, -0.2) is 9.18 Å². The number of ether oxygens (including phenoxy) is 1. The molecule has 1 heterocycles. The Morgan fingerprint density at radius 2 is 2.10 bits per heavy atom. The highest BCUT2D eigenvalue weighted by Gasteiger charge is 2.48. The van der Waals surface area contributed by atoms with Crippen LogP contribution in [0.4, 0.5) is 9.18 Å². The molecule has 2 rings (SSSR count). The molecule has 2 N–H and O–H groups in total. The van der Waals surface area contributed by atoms with Gasteiger partial charge >= 0.3 is 6.03 Å². The number of amides is 3. The van der Waals surface area contributed by atoms with Crippen molar-refractivity contribution in [1.82, 2.24) is 10.2 Å². The number of nitrogens with one attached hydrogen (secondary N) is 1. The summed E-state index contributed by atoms with van der Waals surface area (Å²) in [5, 5.41) is 12.6. The molecule has 2 atom stereocenters. The maximum atomic E-state index is 13.6. The van der Waals surface area contributed by atoms with Crippen LogP contribution in [-0.2, 0) is 9.53 Å². The molecule has 0 aromatic heterocycles. The molecular formula is C14H17FN2O4. The number of aliphatic hydroxyl groups excluding tert-OH is 1. The van der Waals surface area contributed by atoms with Crippen LogP contribution in [0, 0.1) is 5.82 Å². The number of halogens is 1. The van der Waals surface area contributed by atoms with Gasteiger partial charge in [-0.2, -0.15) is 0 Å². The van der Waals surface area contributed by atoms with Gasteiger partial charge in [0.25, 0.3) is 5.91 Å². The highest BCUT2D eigenvalue weighted by molar-refractivity contribution is 6.06. The predicted octanol–water partition coefficient (Wildman–Crippen LogP) is 0.816. The third-order valence-electron chi connectivity index (χ3n) is 3.40. The number of nitrogens with zero attached hydrogens (tertiary/aromatic N) is 1. The van der Waals surface area contributed by atoms with Crippen molar-refractivity contribution in [2.45, 2.75) is 18.6 Å². The molecule has 1 aromatic rings. The summed E-state index contributed by atoms with van der Waals surface area (Å²) in [4.78, 5) is 25.0. The quantitative estimate of drug-likeness (QED) is 0.788. The van der Waals surface area contributed by atoms with E-state index in [1.54, 1.807) is 6.07 Å². The first-order chi connectivity index (χ1) is 9.89. The number of β-amino-alcohol motifs (C(OH)–C–C–N with tert-alkyl or cyclic N) is 1. The van der Waals surface area contributed by atoms with Crippen molar-refractivity contribution in [1.29, 1.82) is 0 Å². The lowest BCUT2D eigenvalue weighted by molar-refractivity contribution is -0.133. The molecule has 1 aromatic carbocycles. The smallest absolute Gasteiger partial charge is 0.325 e. The molecule has 1 aliphatic rings. The molecular weight excluding hydrogens is 279 g/mol. The van der Waals surface area contributed by atoms with Crippen molar-refractivity contribution in [3.8, 4) is 0 Å². The average Bonchev–Trinajstić information content (AvgIpc) is 2.63. The zero-order valence-corrected chi connectivity index (χ0v) is 11.8. The van der Waals surface area contributed by atoms with Crippen molar-refractivity contribution < 1.29 is 23.8 Å². The molecule has 7 heteroatoms. The third-order valence-corrected chi connectivity index (χ3v) is 3.40. The van der Waals surface area contributed by atoms with Gasteiger partial charge in [-0.05, 0) is 13.0 Å². The fourth-order valence-electron chi connectivity index (χ4n) is 2.32. The normalized spacial score (nSPS) is 23.3. The van der Waals surface area contributed by atoms with Crippen molar-refractivity contribution in [3.05, 3.63) is 35.6 Å². The van der Waals surface area contributed by atoms with E-state index in [0.717, 1.165) is 4.90 Å². The number of benzene rings is 1. The van der Waals surface area contributed by atoms with Crippen LogP contribution >= 0.6 is 0 Å². The Labute approximate surface area is 121 Å². The zero-order chi connectivity index (χ0) is 15.6. The number of rotatable bonds is 5. The number of carbonyl (C=O) groups is 2. The molecule has 2 unspecified atom stereocenters. The molecule has 1 aliphatic heterocycles. The second kappa shape index (κ2) is 5.79. The Hall–Kier alpha value is -1.99. The molecule has 3 amide bonds. The first-order valence-electron chi connectivity index (χ1n) is 6.44. The number of imide groups is 1. The van der Waals surface area contributed by atoms with Crippen LogP contribution < -0.4 is 5.32 Å². The number of methoxy groups -OCH3 is 1. The summed E-state index contributed by atoms with van der Waals surface area (Å²) in [5.41, 5.74) is -1.13. The number of hydrogen-bond donors (Lipinski definition) is 2. The summed E-state index contributed by atoms with van der Waals surface area (Å²) in [5.74, 6) is -1.10. The molecule has 6 nitrogen and oxygen atoms in total. The number of carbonyl (C=O) groups excluding carboxylic acids is 2. The Balaban J connectivity index is 2.15. The highest BCUT2D eigenvalue weighted by Crippen LogP contribution is 2.23. The summed E-state index contributed by atoms with van der Waals surface area (Å²) in [7, 11) is 1.42. The molecule has 0 bridgehead atoms. The summed E-state index contributed by atoms with van der Waals surface area (Å²) in [6.07, 6.45) is -1.29. The monoisotopic (exact) mass is 296 g/mol. The van der Waals surface area contributed by atoms with E-state index in [1.807, 2.05) is 0 Å². The Morgan fingerprint density at radius 3 is 2.71 bits per heavy atom. The van der Waals surface area contributed by atoms with Gasteiger partial charge in [0.15, 0.2) is 0 Å². The van der Waals surface area contributed by atoms with Gasteiger partial charge in [0.1, 0.15) is 11.4 Å². The lowest BCUT2D eigenvalue weighted by Gasteiger charge is -2.21.